The van der Waals surface area contributed by atoms with Crippen molar-refractivity contribution in [2.24, 2.45) is 0 Å². The predicted octanol–water partition coefficient (Wildman–Crippen LogP) is 19.2. The summed E-state index contributed by atoms with van der Waals surface area (Å²) < 4.78 is 5.45. The minimum atomic E-state index is -0.671. The highest BCUT2D eigenvalue weighted by Gasteiger charge is 2.20. The Kier molecular flexibility index (Phi) is 57.0. The molecule has 0 aromatic carbocycles. The molecular weight excluding hydrogens is 839 g/mol. The Morgan fingerprint density at radius 1 is 0.397 bits per heavy atom. The van der Waals surface area contributed by atoms with Gasteiger partial charge in [0.05, 0.1) is 25.4 Å². The molecule has 0 heterocycles. The highest BCUT2D eigenvalue weighted by Crippen LogP contribution is 2.18. The molecule has 0 aromatic heterocycles. The average molecular weight is 961 g/mol. The van der Waals surface area contributed by atoms with Crippen LogP contribution >= 0.6 is 0 Å². The normalized spacial score (nSPS) is 12.6. The van der Waals surface area contributed by atoms with E-state index >= 15 is 0 Å². The lowest BCUT2D eigenvalue weighted by Gasteiger charge is -2.22. The molecule has 2 unspecified atom stereocenters. The largest absolute Gasteiger partial charge is 0.466 e. The number of nitrogens with one attached hydrogen (secondary N) is 1. The molecule has 404 valence electrons. The molecule has 6 nitrogen and oxygen atoms in total. The number of carbonyl (C=O) groups is 2. The summed E-state index contributed by atoms with van der Waals surface area (Å²) >= 11 is 0. The average Bonchev–Trinajstić information content (AvgIpc) is 3.34. The second-order valence-electron chi connectivity index (χ2n) is 21.4. The van der Waals surface area contributed by atoms with Crippen molar-refractivity contribution in [1.82, 2.24) is 5.32 Å². The first-order valence-electron chi connectivity index (χ1n) is 30.9. The van der Waals surface area contributed by atoms with Crippen molar-refractivity contribution in [2.45, 2.75) is 360 Å². The first-order valence-corrected chi connectivity index (χ1v) is 30.9. The fourth-order valence-corrected chi connectivity index (χ4v) is 9.80. The summed E-state index contributed by atoms with van der Waals surface area (Å²) in [6.07, 6.45) is 69.3. The minimum Gasteiger partial charge on any atom is -0.466 e. The van der Waals surface area contributed by atoms with Crippen LogP contribution in [0.1, 0.15) is 348 Å². The molecule has 6 heteroatoms. The molecule has 3 N–H and O–H groups in total. The van der Waals surface area contributed by atoms with Crippen molar-refractivity contribution in [1.29, 1.82) is 0 Å². The van der Waals surface area contributed by atoms with Crippen molar-refractivity contribution in [3.8, 4) is 0 Å². The number of allylic oxidation sites excluding steroid dienone is 2. The van der Waals surface area contributed by atoms with E-state index in [1.165, 1.54) is 263 Å². The Morgan fingerprint density at radius 2 is 0.706 bits per heavy atom. The van der Waals surface area contributed by atoms with Crippen LogP contribution in [0.3, 0.4) is 0 Å². The summed E-state index contributed by atoms with van der Waals surface area (Å²) in [7, 11) is 0. The van der Waals surface area contributed by atoms with Crippen LogP contribution in [0.25, 0.3) is 0 Å². The monoisotopic (exact) mass is 960 g/mol. The van der Waals surface area contributed by atoms with Gasteiger partial charge in [-0.25, -0.2) is 0 Å². The Hall–Kier alpha value is -1.40. The number of hydrogen-bond acceptors (Lipinski definition) is 5. The van der Waals surface area contributed by atoms with Crippen molar-refractivity contribution >= 4 is 11.9 Å². The minimum absolute atomic E-state index is 0.00925. The van der Waals surface area contributed by atoms with E-state index in [0.29, 0.717) is 25.9 Å². The lowest BCUT2D eigenvalue weighted by molar-refractivity contribution is -0.143. The first-order chi connectivity index (χ1) is 33.5. The standard InChI is InChI=1S/C62H121NO5/c1-3-5-7-9-11-13-15-16-17-18-19-20-21-22-23-24-25-26-28-31-35-38-42-46-50-54-60(65)59(58-64)63-61(66)55-51-47-43-39-36-32-29-27-30-33-37-41-45-49-53-57-68-62(67)56-52-48-44-40-34-14-12-10-8-6-4-2/h10,12,59-60,64-65H,3-9,11,13-58H2,1-2H3,(H,63,66)/b12-10-. The van der Waals surface area contributed by atoms with E-state index in [2.05, 4.69) is 31.3 Å². The fraction of sp³-hybridized carbons (Fsp3) is 0.935. The van der Waals surface area contributed by atoms with Crippen molar-refractivity contribution in [3.05, 3.63) is 12.2 Å². The number of amides is 1. The van der Waals surface area contributed by atoms with Gasteiger partial charge in [0, 0.05) is 12.8 Å². The van der Waals surface area contributed by atoms with Gasteiger partial charge in [-0.05, 0) is 44.9 Å². The number of carbonyl (C=O) groups excluding carboxylic acids is 2. The maximum Gasteiger partial charge on any atom is 0.305 e. The van der Waals surface area contributed by atoms with E-state index in [1.807, 2.05) is 0 Å². The van der Waals surface area contributed by atoms with Gasteiger partial charge in [-0.1, -0.05) is 302 Å². The van der Waals surface area contributed by atoms with Crippen LogP contribution < -0.4 is 5.32 Å². The zero-order valence-corrected chi connectivity index (χ0v) is 46.1. The summed E-state index contributed by atoms with van der Waals surface area (Å²) in [5.41, 5.74) is 0. The third kappa shape index (κ3) is 53.9. The molecule has 0 aliphatic carbocycles. The van der Waals surface area contributed by atoms with Gasteiger partial charge in [-0.15, -0.1) is 0 Å². The lowest BCUT2D eigenvalue weighted by atomic mass is 10.0. The van der Waals surface area contributed by atoms with Gasteiger partial charge >= 0.3 is 5.97 Å². The summed E-state index contributed by atoms with van der Waals surface area (Å²) in [4.78, 5) is 24.5. The summed E-state index contributed by atoms with van der Waals surface area (Å²) in [5, 5.41) is 23.4. The van der Waals surface area contributed by atoms with Crippen LogP contribution in [-0.2, 0) is 14.3 Å². The maximum absolute atomic E-state index is 12.5. The van der Waals surface area contributed by atoms with Gasteiger partial charge in [-0.2, -0.15) is 0 Å². The topological polar surface area (TPSA) is 95.9 Å². The SMILES string of the molecule is CCCC/C=C\CCCCCCCC(=O)OCCCCCCCCCCCCCCCCCC(=O)NC(CO)C(O)CCCCCCCCCCCCCCCCCCCCCCCCCCC. The van der Waals surface area contributed by atoms with Gasteiger partial charge < -0.3 is 20.3 Å². The maximum atomic E-state index is 12.5. The summed E-state index contributed by atoms with van der Waals surface area (Å²) in [6, 6.07) is -0.549. The lowest BCUT2D eigenvalue weighted by Crippen LogP contribution is -2.45. The van der Waals surface area contributed by atoms with E-state index in [-0.39, 0.29) is 18.5 Å². The molecule has 0 bridgehead atoms. The number of aliphatic hydroxyl groups is 2. The number of aliphatic hydroxyl groups excluding tert-OH is 2. The summed E-state index contributed by atoms with van der Waals surface area (Å²) in [6.45, 7) is 4.92. The highest BCUT2D eigenvalue weighted by atomic mass is 16.5. The molecule has 0 aromatic rings. The molecule has 1 amide bonds. The molecule has 0 aliphatic heterocycles. The van der Waals surface area contributed by atoms with Crippen LogP contribution in [0.4, 0.5) is 0 Å². The molecule has 0 saturated carbocycles. The number of ether oxygens (including phenoxy) is 1. The predicted molar refractivity (Wildman–Crippen MR) is 297 cm³/mol. The third-order valence-electron chi connectivity index (χ3n) is 14.6. The molecular formula is C62H121NO5. The van der Waals surface area contributed by atoms with E-state index in [0.717, 1.165) is 51.4 Å². The fourth-order valence-electron chi connectivity index (χ4n) is 9.80. The molecule has 0 fully saturated rings. The Labute approximate surface area is 425 Å². The Balaban J connectivity index is 3.42. The number of rotatable bonds is 58. The zero-order valence-electron chi connectivity index (χ0n) is 46.1. The van der Waals surface area contributed by atoms with E-state index in [4.69, 9.17) is 4.74 Å². The molecule has 0 rings (SSSR count). The van der Waals surface area contributed by atoms with Crippen LogP contribution in [0.15, 0.2) is 12.2 Å². The van der Waals surface area contributed by atoms with E-state index in [9.17, 15) is 19.8 Å². The van der Waals surface area contributed by atoms with E-state index < -0.39 is 12.1 Å². The van der Waals surface area contributed by atoms with Gasteiger partial charge in [0.25, 0.3) is 0 Å². The first kappa shape index (κ1) is 66.6. The number of esters is 1. The van der Waals surface area contributed by atoms with Crippen LogP contribution in [0.2, 0.25) is 0 Å². The highest BCUT2D eigenvalue weighted by molar-refractivity contribution is 5.76. The second kappa shape index (κ2) is 58.2. The van der Waals surface area contributed by atoms with Gasteiger partial charge in [0.15, 0.2) is 0 Å². The van der Waals surface area contributed by atoms with Crippen LogP contribution in [-0.4, -0.2) is 47.4 Å². The molecule has 2 atom stereocenters. The Bertz CT molecular complexity index is 1020. The quantitative estimate of drug-likeness (QED) is 0.0321. The molecule has 0 saturated heterocycles. The van der Waals surface area contributed by atoms with Crippen molar-refractivity contribution in [2.75, 3.05) is 13.2 Å². The van der Waals surface area contributed by atoms with Gasteiger partial charge in [0.2, 0.25) is 5.91 Å². The second-order valence-corrected chi connectivity index (χ2v) is 21.4. The van der Waals surface area contributed by atoms with Crippen molar-refractivity contribution in [3.63, 3.8) is 0 Å². The number of hydrogen-bond donors (Lipinski definition) is 3. The van der Waals surface area contributed by atoms with Gasteiger partial charge in [0.1, 0.15) is 0 Å². The summed E-state index contributed by atoms with van der Waals surface area (Å²) in [5.74, 6) is -0.0488. The van der Waals surface area contributed by atoms with Crippen molar-refractivity contribution < 1.29 is 24.5 Å². The zero-order chi connectivity index (χ0) is 49.3. The van der Waals surface area contributed by atoms with E-state index in [1.54, 1.807) is 0 Å². The van der Waals surface area contributed by atoms with Gasteiger partial charge in [-0.3, -0.25) is 9.59 Å². The molecule has 0 spiro atoms. The molecule has 0 radical (unpaired) electrons. The number of unbranched alkanes of at least 4 members (excludes halogenated alkanes) is 45. The molecule has 68 heavy (non-hydrogen) atoms. The Morgan fingerprint density at radius 3 is 1.09 bits per heavy atom. The van der Waals surface area contributed by atoms with Crippen LogP contribution in [0, 0.1) is 0 Å². The van der Waals surface area contributed by atoms with Crippen LogP contribution in [0.5, 0.6) is 0 Å². The third-order valence-corrected chi connectivity index (χ3v) is 14.6. The molecule has 0 aliphatic rings. The smallest absolute Gasteiger partial charge is 0.305 e.